The Morgan fingerprint density at radius 3 is 2.82 bits per heavy atom. The second-order valence-electron chi connectivity index (χ2n) is 5.91. The first kappa shape index (κ1) is 15.0. The lowest BCUT2D eigenvalue weighted by Gasteiger charge is -2.27. The highest BCUT2D eigenvalue weighted by atomic mass is 16.6. The summed E-state index contributed by atoms with van der Waals surface area (Å²) in [7, 11) is 0. The van der Waals surface area contributed by atoms with Gasteiger partial charge in [-0.2, -0.15) is 0 Å². The summed E-state index contributed by atoms with van der Waals surface area (Å²) in [6.07, 6.45) is 2.04. The van der Waals surface area contributed by atoms with Crippen LogP contribution in [-0.4, -0.2) is 47.5 Å². The molecule has 0 bridgehead atoms. The van der Waals surface area contributed by atoms with Crippen LogP contribution in [0.3, 0.4) is 0 Å². The minimum absolute atomic E-state index is 0.162. The normalized spacial score (nSPS) is 16.2. The van der Waals surface area contributed by atoms with Gasteiger partial charge in [-0.15, -0.1) is 0 Å². The van der Waals surface area contributed by atoms with Crippen molar-refractivity contribution in [3.05, 3.63) is 39.6 Å². The largest absolute Gasteiger partial charge is 0.358 e. The number of aromatic amines is 1. The minimum atomic E-state index is -0.327. The number of hydrogen-bond acceptors (Lipinski definition) is 4. The van der Waals surface area contributed by atoms with Crippen LogP contribution in [0.2, 0.25) is 0 Å². The first-order valence-corrected chi connectivity index (χ1v) is 7.84. The number of H-pyrrole nitrogens is 1. The highest BCUT2D eigenvalue weighted by Crippen LogP contribution is 2.27. The Labute approximate surface area is 129 Å². The summed E-state index contributed by atoms with van der Waals surface area (Å²) in [5, 5.41) is 15.3. The number of nitrogens with zero attached hydrogens (tertiary/aromatic N) is 2. The summed E-state index contributed by atoms with van der Waals surface area (Å²) in [5.41, 5.74) is 3.49. The summed E-state index contributed by atoms with van der Waals surface area (Å²) in [6, 6.07) is 5.06. The summed E-state index contributed by atoms with van der Waals surface area (Å²) in [5.74, 6) is 0. The average Bonchev–Trinajstić information content (AvgIpc) is 2.83. The molecule has 6 heteroatoms. The summed E-state index contributed by atoms with van der Waals surface area (Å²) < 4.78 is 0. The molecule has 118 valence electrons. The zero-order valence-electron chi connectivity index (χ0n) is 12.9. The molecule has 3 rings (SSSR count). The van der Waals surface area contributed by atoms with Crippen LogP contribution < -0.4 is 5.32 Å². The number of non-ortho nitro benzene ring substituents is 1. The maximum atomic E-state index is 11.0. The maximum Gasteiger partial charge on any atom is 0.270 e. The van der Waals surface area contributed by atoms with Crippen LogP contribution in [0, 0.1) is 17.0 Å². The number of benzene rings is 1. The fourth-order valence-electron chi connectivity index (χ4n) is 3.22. The van der Waals surface area contributed by atoms with Gasteiger partial charge in [0.25, 0.3) is 5.69 Å². The topological polar surface area (TPSA) is 74.2 Å². The van der Waals surface area contributed by atoms with Crippen LogP contribution in [0.15, 0.2) is 18.2 Å². The van der Waals surface area contributed by atoms with E-state index in [0.29, 0.717) is 0 Å². The van der Waals surface area contributed by atoms with E-state index in [4.69, 9.17) is 0 Å². The molecular weight excluding hydrogens is 280 g/mol. The molecule has 0 atom stereocenters. The standard InChI is InChI=1S/C16H22N4O2/c1-12-14(3-2-8-19-9-6-17-7-10-19)15-11-13(20(21)22)4-5-16(15)18-12/h4-5,11,17-18H,2-3,6-10H2,1H3. The van der Waals surface area contributed by atoms with Gasteiger partial charge in [0.05, 0.1) is 4.92 Å². The second kappa shape index (κ2) is 6.46. The lowest BCUT2D eigenvalue weighted by Crippen LogP contribution is -2.43. The third-order valence-corrected chi connectivity index (χ3v) is 4.42. The fourth-order valence-corrected chi connectivity index (χ4v) is 3.22. The first-order valence-electron chi connectivity index (χ1n) is 7.84. The molecule has 2 N–H and O–H groups in total. The van der Waals surface area contributed by atoms with Crippen LogP contribution in [0.25, 0.3) is 10.9 Å². The number of hydrogen-bond donors (Lipinski definition) is 2. The van der Waals surface area contributed by atoms with Gasteiger partial charge in [0.1, 0.15) is 0 Å². The van der Waals surface area contributed by atoms with E-state index >= 15 is 0 Å². The quantitative estimate of drug-likeness (QED) is 0.656. The molecule has 2 heterocycles. The van der Waals surface area contributed by atoms with E-state index in [2.05, 4.69) is 15.2 Å². The summed E-state index contributed by atoms with van der Waals surface area (Å²) in [4.78, 5) is 16.4. The summed E-state index contributed by atoms with van der Waals surface area (Å²) >= 11 is 0. The number of nitro groups is 1. The Hall–Kier alpha value is -1.92. The highest BCUT2D eigenvalue weighted by molar-refractivity contribution is 5.86. The Morgan fingerprint density at radius 2 is 2.09 bits per heavy atom. The average molecular weight is 302 g/mol. The van der Waals surface area contributed by atoms with Gasteiger partial charge in [0, 0.05) is 54.9 Å². The van der Waals surface area contributed by atoms with Crippen LogP contribution >= 0.6 is 0 Å². The number of aromatic nitrogens is 1. The van der Waals surface area contributed by atoms with Crippen molar-refractivity contribution in [1.29, 1.82) is 0 Å². The van der Waals surface area contributed by atoms with Crippen molar-refractivity contribution in [1.82, 2.24) is 15.2 Å². The van der Waals surface area contributed by atoms with Crippen molar-refractivity contribution in [2.24, 2.45) is 0 Å². The smallest absolute Gasteiger partial charge is 0.270 e. The fraction of sp³-hybridized carbons (Fsp3) is 0.500. The number of fused-ring (bicyclic) bond motifs is 1. The minimum Gasteiger partial charge on any atom is -0.358 e. The molecule has 1 aliphatic rings. The molecule has 0 aliphatic carbocycles. The molecule has 1 saturated heterocycles. The second-order valence-corrected chi connectivity index (χ2v) is 5.91. The monoisotopic (exact) mass is 302 g/mol. The number of rotatable bonds is 5. The van der Waals surface area contributed by atoms with E-state index in [9.17, 15) is 10.1 Å². The molecule has 0 amide bonds. The van der Waals surface area contributed by atoms with Crippen molar-refractivity contribution in [3.63, 3.8) is 0 Å². The Bertz CT molecular complexity index is 674. The van der Waals surface area contributed by atoms with E-state index in [1.54, 1.807) is 18.2 Å². The van der Waals surface area contributed by atoms with E-state index < -0.39 is 0 Å². The van der Waals surface area contributed by atoms with Crippen molar-refractivity contribution in [2.75, 3.05) is 32.7 Å². The van der Waals surface area contributed by atoms with Crippen molar-refractivity contribution >= 4 is 16.6 Å². The van der Waals surface area contributed by atoms with Crippen molar-refractivity contribution < 1.29 is 4.92 Å². The molecule has 2 aromatic rings. The SMILES string of the molecule is Cc1[nH]c2ccc([N+](=O)[O-])cc2c1CCCN1CCNCC1. The molecular formula is C16H22N4O2. The predicted molar refractivity (Wildman–Crippen MR) is 87.3 cm³/mol. The predicted octanol–water partition coefficient (Wildman–Crippen LogP) is 2.22. The number of nitrogens with one attached hydrogen (secondary N) is 2. The third kappa shape index (κ3) is 3.13. The zero-order chi connectivity index (χ0) is 15.5. The lowest BCUT2D eigenvalue weighted by molar-refractivity contribution is -0.384. The van der Waals surface area contributed by atoms with Gasteiger partial charge in [0.2, 0.25) is 0 Å². The van der Waals surface area contributed by atoms with Gasteiger partial charge in [-0.3, -0.25) is 10.1 Å². The van der Waals surface area contributed by atoms with E-state index in [-0.39, 0.29) is 10.6 Å². The number of piperazine rings is 1. The van der Waals surface area contributed by atoms with Gasteiger partial charge in [-0.05, 0) is 37.9 Å². The van der Waals surface area contributed by atoms with E-state index in [1.165, 1.54) is 5.56 Å². The van der Waals surface area contributed by atoms with E-state index in [0.717, 1.165) is 62.2 Å². The van der Waals surface area contributed by atoms with Crippen LogP contribution in [0.5, 0.6) is 0 Å². The van der Waals surface area contributed by atoms with Crippen LogP contribution in [0.1, 0.15) is 17.7 Å². The van der Waals surface area contributed by atoms with E-state index in [1.807, 2.05) is 6.92 Å². The molecule has 6 nitrogen and oxygen atoms in total. The van der Waals surface area contributed by atoms with Crippen molar-refractivity contribution in [2.45, 2.75) is 19.8 Å². The van der Waals surface area contributed by atoms with Gasteiger partial charge >= 0.3 is 0 Å². The highest BCUT2D eigenvalue weighted by Gasteiger charge is 2.14. The summed E-state index contributed by atoms with van der Waals surface area (Å²) in [6.45, 7) is 7.49. The zero-order valence-corrected chi connectivity index (χ0v) is 12.9. The Kier molecular flexibility index (Phi) is 4.40. The lowest BCUT2D eigenvalue weighted by atomic mass is 10.0. The Morgan fingerprint density at radius 1 is 1.32 bits per heavy atom. The van der Waals surface area contributed by atoms with Crippen molar-refractivity contribution in [3.8, 4) is 0 Å². The number of aryl methyl sites for hydroxylation is 2. The molecule has 1 aromatic carbocycles. The molecule has 0 radical (unpaired) electrons. The molecule has 0 spiro atoms. The van der Waals surface area contributed by atoms with Crippen LogP contribution in [-0.2, 0) is 6.42 Å². The molecule has 0 saturated carbocycles. The van der Waals surface area contributed by atoms with Gasteiger partial charge in [-0.1, -0.05) is 0 Å². The number of nitro benzene ring substituents is 1. The molecule has 22 heavy (non-hydrogen) atoms. The maximum absolute atomic E-state index is 11.0. The van der Waals surface area contributed by atoms with Gasteiger partial charge in [-0.25, -0.2) is 0 Å². The first-order chi connectivity index (χ1) is 10.6. The van der Waals surface area contributed by atoms with Gasteiger partial charge in [0.15, 0.2) is 0 Å². The van der Waals surface area contributed by atoms with Crippen LogP contribution in [0.4, 0.5) is 5.69 Å². The molecule has 1 aromatic heterocycles. The molecule has 0 unspecified atom stereocenters. The third-order valence-electron chi connectivity index (χ3n) is 4.42. The molecule has 1 aliphatic heterocycles. The van der Waals surface area contributed by atoms with Gasteiger partial charge < -0.3 is 15.2 Å². The Balaban J connectivity index is 1.73. The molecule has 1 fully saturated rings.